The number of aliphatic hydroxyl groups excluding tert-OH is 1. The lowest BCUT2D eigenvalue weighted by Gasteiger charge is -2.12. The van der Waals surface area contributed by atoms with Crippen LogP contribution in [0.15, 0.2) is 74.7 Å². The first-order valence-corrected chi connectivity index (χ1v) is 13.2. The van der Waals surface area contributed by atoms with Crippen LogP contribution in [-0.4, -0.2) is 35.3 Å². The summed E-state index contributed by atoms with van der Waals surface area (Å²) in [5, 5.41) is 23.2. The van der Waals surface area contributed by atoms with Crippen LogP contribution in [0.3, 0.4) is 0 Å². The van der Waals surface area contributed by atoms with Crippen molar-refractivity contribution < 1.29 is 29.0 Å². The molecule has 0 aromatic carbocycles. The summed E-state index contributed by atoms with van der Waals surface area (Å²) in [4.78, 5) is 36.6. The van der Waals surface area contributed by atoms with Gasteiger partial charge in [0.25, 0.3) is 5.95 Å². The molecule has 2 unspecified atom stereocenters. The van der Waals surface area contributed by atoms with Crippen LogP contribution in [-0.2, 0) is 4.74 Å². The van der Waals surface area contributed by atoms with E-state index in [0.29, 0.717) is 25.7 Å². The van der Waals surface area contributed by atoms with Crippen molar-refractivity contribution in [3.8, 4) is 5.95 Å². The van der Waals surface area contributed by atoms with Crippen molar-refractivity contribution in [2.24, 2.45) is 0 Å². The Morgan fingerprint density at radius 2 is 1.82 bits per heavy atom. The number of amides is 1. The van der Waals surface area contributed by atoms with Gasteiger partial charge in [0.05, 0.1) is 13.2 Å². The van der Waals surface area contributed by atoms with Crippen molar-refractivity contribution in [2.45, 2.75) is 85.2 Å². The number of ether oxygens (including phenoxy) is 1. The number of aromatic hydroxyl groups is 1. The number of hydrogen-bond donors (Lipinski definition) is 3. The lowest BCUT2D eigenvalue weighted by atomic mass is 9.99. The first-order chi connectivity index (χ1) is 18.5. The quantitative estimate of drug-likeness (QED) is 0.0749. The molecule has 0 bridgehead atoms. The van der Waals surface area contributed by atoms with Gasteiger partial charge in [-0.25, -0.2) is 4.79 Å². The molecule has 0 radical (unpaired) electrons. The fourth-order valence-electron chi connectivity index (χ4n) is 3.63. The Balaban J connectivity index is 2.79. The zero-order valence-electron chi connectivity index (χ0n) is 24.0. The molecule has 1 amide bonds. The highest BCUT2D eigenvalue weighted by Gasteiger charge is 2.22. The number of methoxy groups -OCH3 is 1. The van der Waals surface area contributed by atoms with Crippen LogP contribution in [0.2, 0.25) is 0 Å². The Bertz CT molecular complexity index is 1170. The molecule has 0 saturated heterocycles. The predicted molar refractivity (Wildman–Crippen MR) is 154 cm³/mol. The molecular formula is C31H43NO7. The number of ketones is 1. The number of allylic oxidation sites excluding steroid dienone is 8. The molecule has 1 aromatic rings. The van der Waals surface area contributed by atoms with Gasteiger partial charge in [-0.1, -0.05) is 49.0 Å². The topological polar surface area (TPSA) is 126 Å². The highest BCUT2D eigenvalue weighted by Crippen LogP contribution is 2.26. The maximum absolute atomic E-state index is 12.9. The molecule has 0 fully saturated rings. The van der Waals surface area contributed by atoms with Crippen molar-refractivity contribution in [1.29, 1.82) is 0 Å². The molecule has 3 N–H and O–H groups in total. The van der Waals surface area contributed by atoms with Gasteiger partial charge in [0, 0.05) is 18.2 Å². The van der Waals surface area contributed by atoms with E-state index in [9.17, 15) is 24.6 Å². The van der Waals surface area contributed by atoms with Crippen LogP contribution in [0.5, 0.6) is 5.95 Å². The number of hydrogen-bond acceptors (Lipinski definition) is 7. The Kier molecular flexibility index (Phi) is 15.2. The van der Waals surface area contributed by atoms with Crippen molar-refractivity contribution in [3.63, 3.8) is 0 Å². The number of alkyl carbamates (subject to hydrolysis) is 1. The van der Waals surface area contributed by atoms with Gasteiger partial charge < -0.3 is 19.4 Å². The second-order valence-corrected chi connectivity index (χ2v) is 9.55. The Morgan fingerprint density at radius 3 is 2.46 bits per heavy atom. The van der Waals surface area contributed by atoms with Crippen molar-refractivity contribution in [3.05, 3.63) is 87.0 Å². The van der Waals surface area contributed by atoms with Gasteiger partial charge in [-0.15, -0.1) is 0 Å². The van der Waals surface area contributed by atoms with Gasteiger partial charge >= 0.3 is 6.09 Å². The van der Waals surface area contributed by atoms with Crippen LogP contribution in [0.4, 0.5) is 4.79 Å². The minimum atomic E-state index is -0.703. The summed E-state index contributed by atoms with van der Waals surface area (Å²) < 4.78 is 9.90. The van der Waals surface area contributed by atoms with Crippen LogP contribution >= 0.6 is 0 Å². The Morgan fingerprint density at radius 1 is 1.10 bits per heavy atom. The highest BCUT2D eigenvalue weighted by molar-refractivity contribution is 6.09. The standard InChI is InChI=1S/C31H43NO7/c1-7-8-9-10-13-22(3)25(33)18-16-21(2)15-17-24(5)29(35)28-26(34)20-27(39-30(28)36)23(4)14-11-12-19-32-31(37)38-6/h7-8,12-13,15,17,19-20,23,25,33,36H,9-11,14,16,18H2,1-6H3,(H,32,37)/b8-7+,19-12+,21-15+,22-13-,24-17+. The number of aliphatic hydroxyl groups is 1. The highest BCUT2D eigenvalue weighted by atomic mass is 16.5. The third kappa shape index (κ3) is 12.2. The van der Waals surface area contributed by atoms with Gasteiger partial charge in [0.2, 0.25) is 0 Å². The summed E-state index contributed by atoms with van der Waals surface area (Å²) >= 11 is 0. The zero-order valence-corrected chi connectivity index (χ0v) is 24.0. The predicted octanol–water partition coefficient (Wildman–Crippen LogP) is 6.62. The number of carbonyl (C=O) groups excluding carboxylic acids is 2. The minimum absolute atomic E-state index is 0.209. The lowest BCUT2D eigenvalue weighted by molar-refractivity contribution is 0.102. The normalized spacial score (nSPS) is 14.6. The summed E-state index contributed by atoms with van der Waals surface area (Å²) in [6.45, 7) is 9.22. The third-order valence-corrected chi connectivity index (χ3v) is 6.28. The summed E-state index contributed by atoms with van der Waals surface area (Å²) in [5.41, 5.74) is 1.19. The first-order valence-electron chi connectivity index (χ1n) is 13.2. The maximum Gasteiger partial charge on any atom is 0.410 e. The Hall–Kier alpha value is -3.65. The second-order valence-electron chi connectivity index (χ2n) is 9.55. The zero-order chi connectivity index (χ0) is 29.4. The molecule has 2 atom stereocenters. The number of carbonyl (C=O) groups is 2. The van der Waals surface area contributed by atoms with E-state index in [1.54, 1.807) is 25.2 Å². The molecule has 8 heteroatoms. The average molecular weight is 542 g/mol. The van der Waals surface area contributed by atoms with E-state index in [1.807, 2.05) is 33.8 Å². The first kappa shape index (κ1) is 33.4. The van der Waals surface area contributed by atoms with E-state index >= 15 is 0 Å². The fourth-order valence-corrected chi connectivity index (χ4v) is 3.63. The van der Waals surface area contributed by atoms with E-state index in [1.165, 1.54) is 19.4 Å². The Labute approximate surface area is 231 Å². The summed E-state index contributed by atoms with van der Waals surface area (Å²) in [6.07, 6.45) is 15.8. The second kappa shape index (κ2) is 17.8. The van der Waals surface area contributed by atoms with E-state index < -0.39 is 34.9 Å². The molecule has 0 spiro atoms. The van der Waals surface area contributed by atoms with E-state index in [4.69, 9.17) is 4.42 Å². The fraction of sp³-hybridized carbons (Fsp3) is 0.452. The third-order valence-electron chi connectivity index (χ3n) is 6.28. The number of Topliss-reactive ketones (excluding diaryl/α,β-unsaturated/α-hetero) is 1. The van der Waals surface area contributed by atoms with Crippen molar-refractivity contribution in [2.75, 3.05) is 7.11 Å². The maximum atomic E-state index is 12.9. The molecule has 0 saturated carbocycles. The molecular weight excluding hydrogens is 498 g/mol. The number of unbranched alkanes of at least 4 members (excludes halogenated alkanes) is 1. The number of rotatable bonds is 15. The molecule has 1 heterocycles. The molecule has 0 aliphatic rings. The van der Waals surface area contributed by atoms with Crippen LogP contribution in [0.25, 0.3) is 0 Å². The van der Waals surface area contributed by atoms with Crippen LogP contribution in [0, 0.1) is 0 Å². The van der Waals surface area contributed by atoms with Gasteiger partial charge in [-0.3, -0.25) is 14.9 Å². The molecule has 214 valence electrons. The molecule has 0 aliphatic carbocycles. The molecule has 8 nitrogen and oxygen atoms in total. The van der Waals surface area contributed by atoms with E-state index in [2.05, 4.69) is 22.2 Å². The monoisotopic (exact) mass is 541 g/mol. The van der Waals surface area contributed by atoms with Gasteiger partial charge in [0.1, 0.15) is 5.76 Å². The lowest BCUT2D eigenvalue weighted by Crippen LogP contribution is -2.16. The minimum Gasteiger partial charge on any atom is -0.480 e. The average Bonchev–Trinajstić information content (AvgIpc) is 2.91. The van der Waals surface area contributed by atoms with Gasteiger partial charge in [-0.2, -0.15) is 0 Å². The smallest absolute Gasteiger partial charge is 0.410 e. The molecule has 1 aromatic heterocycles. The van der Waals surface area contributed by atoms with Crippen molar-refractivity contribution in [1.82, 2.24) is 5.32 Å². The number of nitrogens with one attached hydrogen (secondary N) is 1. The van der Waals surface area contributed by atoms with E-state index in [0.717, 1.165) is 24.0 Å². The SMILES string of the molecule is C/C=C/CC/C=C(/C)C(O)CC/C(C)=C/C=C(\C)C(=O)c1c(O)oc(C(C)CC/C=C/NC(=O)OC)cc1=O. The molecule has 0 aliphatic heterocycles. The largest absolute Gasteiger partial charge is 0.480 e. The summed E-state index contributed by atoms with van der Waals surface area (Å²) in [6, 6.07) is 1.23. The van der Waals surface area contributed by atoms with Crippen molar-refractivity contribution >= 4 is 11.9 Å². The van der Waals surface area contributed by atoms with Gasteiger partial charge in [0.15, 0.2) is 16.8 Å². The van der Waals surface area contributed by atoms with Crippen LogP contribution in [0.1, 0.15) is 95.2 Å². The summed E-state index contributed by atoms with van der Waals surface area (Å²) in [7, 11) is 1.27. The van der Waals surface area contributed by atoms with E-state index in [-0.39, 0.29) is 17.3 Å². The molecule has 39 heavy (non-hydrogen) atoms. The van der Waals surface area contributed by atoms with Crippen LogP contribution < -0.4 is 10.7 Å². The summed E-state index contributed by atoms with van der Waals surface area (Å²) in [5.74, 6) is -1.25. The molecule has 1 rings (SSSR count). The van der Waals surface area contributed by atoms with Gasteiger partial charge in [-0.05, 0) is 77.4 Å².